The number of hydrogen-bond acceptors (Lipinski definition) is 6. The van der Waals surface area contributed by atoms with Gasteiger partial charge in [0.1, 0.15) is 12.3 Å². The lowest BCUT2D eigenvalue weighted by molar-refractivity contribution is 0.0299. The van der Waals surface area contributed by atoms with Gasteiger partial charge in [-0.05, 0) is 0 Å². The van der Waals surface area contributed by atoms with Crippen molar-refractivity contribution in [2.24, 2.45) is 5.73 Å². The van der Waals surface area contributed by atoms with E-state index in [4.69, 9.17) is 20.0 Å². The number of hydrogen-bond donors (Lipinski definition) is 2. The summed E-state index contributed by atoms with van der Waals surface area (Å²) >= 11 is 0. The molecule has 0 bridgehead atoms. The first-order valence-electron chi connectivity index (χ1n) is 5.41. The Balaban J connectivity index is 2.06. The Morgan fingerprint density at radius 2 is 2.29 bits per heavy atom. The highest BCUT2D eigenvalue weighted by Gasteiger charge is 2.22. The Morgan fingerprint density at radius 3 is 2.94 bits per heavy atom. The molecule has 0 aromatic carbocycles. The van der Waals surface area contributed by atoms with Crippen LogP contribution in [0.3, 0.4) is 0 Å². The third-order valence-corrected chi connectivity index (χ3v) is 2.55. The molecular formula is C10H15N3O4. The summed E-state index contributed by atoms with van der Waals surface area (Å²) in [4.78, 5) is 17.6. The maximum absolute atomic E-state index is 12.0. The fourth-order valence-electron chi connectivity index (χ4n) is 1.56. The molecule has 1 amide bonds. The van der Waals surface area contributed by atoms with Crippen LogP contribution < -0.4 is 5.73 Å². The molecule has 1 aliphatic heterocycles. The molecule has 1 aromatic heterocycles. The molecular weight excluding hydrogens is 226 g/mol. The van der Waals surface area contributed by atoms with Gasteiger partial charge in [0.25, 0.3) is 5.91 Å². The number of aromatic nitrogens is 1. The lowest BCUT2D eigenvalue weighted by Crippen LogP contribution is -2.40. The zero-order chi connectivity index (χ0) is 12.3. The van der Waals surface area contributed by atoms with Gasteiger partial charge in [0.05, 0.1) is 19.8 Å². The molecule has 0 unspecified atom stereocenters. The van der Waals surface area contributed by atoms with Gasteiger partial charge < -0.3 is 24.9 Å². The number of oxazole rings is 1. The van der Waals surface area contributed by atoms with Crippen LogP contribution in [0.5, 0.6) is 0 Å². The van der Waals surface area contributed by atoms with Crippen molar-refractivity contribution in [1.82, 2.24) is 9.88 Å². The van der Waals surface area contributed by atoms with Crippen molar-refractivity contribution < 1.29 is 19.1 Å². The smallest absolute Gasteiger partial charge is 0.275 e. The molecule has 2 heterocycles. The molecule has 0 saturated carbocycles. The van der Waals surface area contributed by atoms with E-state index in [0.717, 1.165) is 0 Å². The topological polar surface area (TPSA) is 102 Å². The fraction of sp³-hybridized carbons (Fsp3) is 0.600. The van der Waals surface area contributed by atoms with Gasteiger partial charge in [0.15, 0.2) is 5.69 Å². The monoisotopic (exact) mass is 241 g/mol. The Bertz CT molecular complexity index is 387. The van der Waals surface area contributed by atoms with E-state index < -0.39 is 6.04 Å². The predicted molar refractivity (Wildman–Crippen MR) is 57.2 cm³/mol. The summed E-state index contributed by atoms with van der Waals surface area (Å²) in [5.41, 5.74) is 5.75. The van der Waals surface area contributed by atoms with E-state index in [0.29, 0.717) is 26.3 Å². The number of aliphatic hydroxyl groups is 1. The number of carbonyl (C=O) groups excluding carboxylic acids is 1. The molecule has 1 atom stereocenters. The second kappa shape index (κ2) is 5.26. The van der Waals surface area contributed by atoms with Crippen LogP contribution in [0.15, 0.2) is 10.7 Å². The van der Waals surface area contributed by atoms with Gasteiger partial charge in [0, 0.05) is 13.1 Å². The highest BCUT2D eigenvalue weighted by molar-refractivity contribution is 5.92. The summed E-state index contributed by atoms with van der Waals surface area (Å²) in [6, 6.07) is -0.693. The third kappa shape index (κ3) is 2.63. The van der Waals surface area contributed by atoms with Crippen LogP contribution in [0.4, 0.5) is 0 Å². The zero-order valence-electron chi connectivity index (χ0n) is 9.33. The number of aliphatic hydroxyl groups excluding tert-OH is 1. The molecule has 3 N–H and O–H groups in total. The molecule has 1 aliphatic rings. The van der Waals surface area contributed by atoms with Crippen molar-refractivity contribution in [3.8, 4) is 0 Å². The third-order valence-electron chi connectivity index (χ3n) is 2.55. The Labute approximate surface area is 98.2 Å². The Morgan fingerprint density at radius 1 is 1.59 bits per heavy atom. The van der Waals surface area contributed by atoms with Crippen LogP contribution in [0, 0.1) is 0 Å². The normalized spacial score (nSPS) is 18.1. The van der Waals surface area contributed by atoms with Crippen molar-refractivity contribution in [3.05, 3.63) is 17.8 Å². The average Bonchev–Trinajstić information content (AvgIpc) is 2.87. The summed E-state index contributed by atoms with van der Waals surface area (Å²) in [7, 11) is 0. The summed E-state index contributed by atoms with van der Waals surface area (Å²) in [5, 5.41) is 8.85. The van der Waals surface area contributed by atoms with Gasteiger partial charge >= 0.3 is 0 Å². The summed E-state index contributed by atoms with van der Waals surface area (Å²) in [5.74, 6) is -0.0300. The molecule has 0 radical (unpaired) electrons. The molecule has 7 heteroatoms. The number of rotatable bonds is 3. The SMILES string of the molecule is N[C@@H](CO)c1nc(C(=O)N2CCOCC2)co1. The minimum absolute atomic E-state index is 0.170. The summed E-state index contributed by atoms with van der Waals surface area (Å²) < 4.78 is 10.2. The van der Waals surface area contributed by atoms with Crippen LogP contribution in [-0.4, -0.2) is 53.8 Å². The summed E-state index contributed by atoms with van der Waals surface area (Å²) in [6.45, 7) is 1.89. The zero-order valence-corrected chi connectivity index (χ0v) is 9.33. The second-order valence-electron chi connectivity index (χ2n) is 3.76. The number of amides is 1. The number of ether oxygens (including phenoxy) is 1. The van der Waals surface area contributed by atoms with E-state index in [2.05, 4.69) is 4.98 Å². The molecule has 1 fully saturated rings. The Hall–Kier alpha value is -1.44. The number of nitrogens with two attached hydrogens (primary N) is 1. The van der Waals surface area contributed by atoms with Crippen LogP contribution >= 0.6 is 0 Å². The highest BCUT2D eigenvalue weighted by atomic mass is 16.5. The van der Waals surface area contributed by atoms with Gasteiger partial charge in [-0.25, -0.2) is 4.98 Å². The van der Waals surface area contributed by atoms with E-state index >= 15 is 0 Å². The highest BCUT2D eigenvalue weighted by Crippen LogP contribution is 2.12. The molecule has 1 aromatic rings. The first-order valence-corrected chi connectivity index (χ1v) is 5.41. The average molecular weight is 241 g/mol. The van der Waals surface area contributed by atoms with Gasteiger partial charge in [0.2, 0.25) is 5.89 Å². The number of nitrogens with zero attached hydrogens (tertiary/aromatic N) is 2. The minimum atomic E-state index is -0.693. The molecule has 17 heavy (non-hydrogen) atoms. The van der Waals surface area contributed by atoms with Crippen molar-refractivity contribution in [3.63, 3.8) is 0 Å². The van der Waals surface area contributed by atoms with Gasteiger partial charge in [-0.1, -0.05) is 0 Å². The molecule has 7 nitrogen and oxygen atoms in total. The lowest BCUT2D eigenvalue weighted by Gasteiger charge is -2.25. The van der Waals surface area contributed by atoms with Gasteiger partial charge in [-0.3, -0.25) is 4.79 Å². The van der Waals surface area contributed by atoms with Crippen molar-refractivity contribution in [2.75, 3.05) is 32.9 Å². The molecule has 94 valence electrons. The molecule has 1 saturated heterocycles. The Kier molecular flexibility index (Phi) is 3.72. The van der Waals surface area contributed by atoms with Crippen molar-refractivity contribution in [2.45, 2.75) is 6.04 Å². The number of morpholine rings is 1. The van der Waals surface area contributed by atoms with Crippen molar-refractivity contribution >= 4 is 5.91 Å². The van der Waals surface area contributed by atoms with E-state index in [9.17, 15) is 4.79 Å². The van der Waals surface area contributed by atoms with E-state index in [1.165, 1.54) is 6.26 Å². The van der Waals surface area contributed by atoms with E-state index in [1.54, 1.807) is 4.90 Å². The molecule has 0 spiro atoms. The van der Waals surface area contributed by atoms with Crippen LogP contribution in [0.1, 0.15) is 22.4 Å². The lowest BCUT2D eigenvalue weighted by atomic mass is 10.3. The van der Waals surface area contributed by atoms with Crippen LogP contribution in [-0.2, 0) is 4.74 Å². The van der Waals surface area contributed by atoms with E-state index in [-0.39, 0.29) is 24.1 Å². The number of carbonyl (C=O) groups is 1. The van der Waals surface area contributed by atoms with Crippen molar-refractivity contribution in [1.29, 1.82) is 0 Å². The maximum Gasteiger partial charge on any atom is 0.275 e. The van der Waals surface area contributed by atoms with Crippen LogP contribution in [0.2, 0.25) is 0 Å². The largest absolute Gasteiger partial charge is 0.446 e. The first-order chi connectivity index (χ1) is 8.22. The van der Waals surface area contributed by atoms with E-state index in [1.807, 2.05) is 0 Å². The fourth-order valence-corrected chi connectivity index (χ4v) is 1.56. The predicted octanol–water partition coefficient (Wildman–Crippen LogP) is -0.861. The van der Waals surface area contributed by atoms with Gasteiger partial charge in [-0.15, -0.1) is 0 Å². The quantitative estimate of drug-likeness (QED) is 0.714. The first kappa shape index (κ1) is 12.0. The second-order valence-corrected chi connectivity index (χ2v) is 3.76. The maximum atomic E-state index is 12.0. The van der Waals surface area contributed by atoms with Gasteiger partial charge in [-0.2, -0.15) is 0 Å². The molecule has 0 aliphatic carbocycles. The minimum Gasteiger partial charge on any atom is -0.446 e. The van der Waals surface area contributed by atoms with Crippen LogP contribution in [0.25, 0.3) is 0 Å². The standard InChI is InChI=1S/C10H15N3O4/c11-7(5-14)9-12-8(6-17-9)10(15)13-1-3-16-4-2-13/h6-7,14H,1-5,11H2/t7-/m0/s1. The molecule has 2 rings (SSSR count). The summed E-state index contributed by atoms with van der Waals surface area (Å²) in [6.07, 6.45) is 1.27.